The lowest BCUT2D eigenvalue weighted by atomic mass is 10.2. The summed E-state index contributed by atoms with van der Waals surface area (Å²) in [5, 5.41) is 0. The molecular formula is C12H9OS. The van der Waals surface area contributed by atoms with Crippen LogP contribution in [0, 0.1) is 6.07 Å². The van der Waals surface area contributed by atoms with Crippen molar-refractivity contribution < 1.29 is 4.79 Å². The molecule has 1 radical (unpaired) electrons. The van der Waals surface area contributed by atoms with Gasteiger partial charge in [0.2, 0.25) is 0 Å². The molecule has 0 N–H and O–H groups in total. The van der Waals surface area contributed by atoms with E-state index in [1.807, 2.05) is 36.4 Å². The molecule has 0 saturated carbocycles. The first kappa shape index (κ1) is 9.16. The van der Waals surface area contributed by atoms with Crippen LogP contribution >= 0.6 is 11.3 Å². The number of thiophene rings is 1. The third-order valence-corrected chi connectivity index (χ3v) is 3.15. The molecule has 1 nitrogen and oxygen atoms in total. The van der Waals surface area contributed by atoms with E-state index in [1.54, 1.807) is 6.92 Å². The molecule has 1 aromatic carbocycles. The molecule has 2 heteroatoms. The number of hydrogen-bond donors (Lipinski definition) is 0. The number of ketones is 1. The molecule has 0 spiro atoms. The minimum Gasteiger partial charge on any atom is -0.294 e. The summed E-state index contributed by atoms with van der Waals surface area (Å²) < 4.78 is 0. The van der Waals surface area contributed by atoms with Crippen LogP contribution < -0.4 is 0 Å². The van der Waals surface area contributed by atoms with Crippen LogP contribution in [0.4, 0.5) is 0 Å². The fraction of sp³-hybridized carbons (Fsp3) is 0.0833. The summed E-state index contributed by atoms with van der Waals surface area (Å²) in [6.07, 6.45) is 0. The third-order valence-electron chi connectivity index (χ3n) is 1.93. The van der Waals surface area contributed by atoms with E-state index in [4.69, 9.17) is 0 Å². The number of Topliss-reactive ketones (excluding diaryl/α,β-unsaturated/α-hetero) is 1. The quantitative estimate of drug-likeness (QED) is 0.680. The van der Waals surface area contributed by atoms with Crippen LogP contribution in [0.25, 0.3) is 10.4 Å². The maximum Gasteiger partial charge on any atom is 0.169 e. The molecule has 0 amide bonds. The smallest absolute Gasteiger partial charge is 0.169 e. The predicted molar refractivity (Wildman–Crippen MR) is 58.6 cm³/mol. The highest BCUT2D eigenvalue weighted by Gasteiger charge is 2.05. The zero-order valence-corrected chi connectivity index (χ0v) is 8.60. The van der Waals surface area contributed by atoms with Gasteiger partial charge in [-0.25, -0.2) is 0 Å². The Balaban J connectivity index is 2.39. The summed E-state index contributed by atoms with van der Waals surface area (Å²) >= 11 is 1.51. The summed E-state index contributed by atoms with van der Waals surface area (Å²) in [5.41, 5.74) is 1.05. The van der Waals surface area contributed by atoms with E-state index in [0.717, 1.165) is 15.3 Å². The highest BCUT2D eigenvalue weighted by Crippen LogP contribution is 2.27. The summed E-state index contributed by atoms with van der Waals surface area (Å²) in [4.78, 5) is 13.0. The highest BCUT2D eigenvalue weighted by atomic mass is 32.1. The van der Waals surface area contributed by atoms with Crippen LogP contribution in [-0.2, 0) is 0 Å². The molecule has 0 aliphatic heterocycles. The Morgan fingerprint density at radius 1 is 1.29 bits per heavy atom. The summed E-state index contributed by atoms with van der Waals surface area (Å²) in [7, 11) is 0. The summed E-state index contributed by atoms with van der Waals surface area (Å²) in [6, 6.07) is 14.7. The molecule has 0 saturated heterocycles. The average Bonchev–Trinajstić information content (AvgIpc) is 2.68. The van der Waals surface area contributed by atoms with E-state index in [0.29, 0.717) is 0 Å². The number of carbonyl (C=O) groups excluding carboxylic acids is 1. The molecule has 0 aliphatic carbocycles. The van der Waals surface area contributed by atoms with Gasteiger partial charge < -0.3 is 0 Å². The standard InChI is InChI=1S/C12H9OS/c1-9(13)11-7-8-12(14-11)10-5-3-2-4-6-10/h2-5,7-8H,1H3. The molecule has 0 unspecified atom stereocenters. The topological polar surface area (TPSA) is 17.1 Å². The lowest BCUT2D eigenvalue weighted by molar-refractivity contribution is 0.102. The fourth-order valence-corrected chi connectivity index (χ4v) is 2.11. The Hall–Kier alpha value is -1.41. The molecule has 0 bridgehead atoms. The van der Waals surface area contributed by atoms with E-state index in [1.165, 1.54) is 11.3 Å². The molecule has 2 rings (SSSR count). The van der Waals surface area contributed by atoms with Gasteiger partial charge in [-0.2, -0.15) is 0 Å². The summed E-state index contributed by atoms with van der Waals surface area (Å²) in [6.45, 7) is 1.59. The molecule has 0 fully saturated rings. The second-order valence-corrected chi connectivity index (χ2v) is 4.08. The van der Waals surface area contributed by atoms with Crippen molar-refractivity contribution in [1.29, 1.82) is 0 Å². The van der Waals surface area contributed by atoms with Crippen molar-refractivity contribution in [1.82, 2.24) is 0 Å². The number of rotatable bonds is 2. The first-order chi connectivity index (χ1) is 6.77. The van der Waals surface area contributed by atoms with Crippen molar-refractivity contribution in [3.05, 3.63) is 47.3 Å². The van der Waals surface area contributed by atoms with Gasteiger partial charge in [0.15, 0.2) is 5.78 Å². The lowest BCUT2D eigenvalue weighted by Crippen LogP contribution is -1.83. The van der Waals surface area contributed by atoms with Crippen LogP contribution in [0.15, 0.2) is 36.4 Å². The molecule has 69 valence electrons. The highest BCUT2D eigenvalue weighted by molar-refractivity contribution is 7.17. The van der Waals surface area contributed by atoms with Gasteiger partial charge in [0, 0.05) is 4.88 Å². The zero-order chi connectivity index (χ0) is 9.97. The molecule has 1 aromatic heterocycles. The molecule has 2 aromatic rings. The van der Waals surface area contributed by atoms with Crippen LogP contribution in [0.3, 0.4) is 0 Å². The van der Waals surface area contributed by atoms with Crippen molar-refractivity contribution >= 4 is 17.1 Å². The van der Waals surface area contributed by atoms with E-state index in [9.17, 15) is 4.79 Å². The Labute approximate surface area is 87.0 Å². The zero-order valence-electron chi connectivity index (χ0n) is 7.78. The van der Waals surface area contributed by atoms with E-state index < -0.39 is 0 Å². The van der Waals surface area contributed by atoms with Crippen LogP contribution in [0.5, 0.6) is 0 Å². The van der Waals surface area contributed by atoms with Crippen molar-refractivity contribution in [3.63, 3.8) is 0 Å². The van der Waals surface area contributed by atoms with Gasteiger partial charge in [-0.15, -0.1) is 11.3 Å². The van der Waals surface area contributed by atoms with E-state index in [-0.39, 0.29) is 5.78 Å². The SMILES string of the molecule is CC(=O)c1ccc(-c2[c]cccc2)s1. The Bertz CT molecular complexity index is 442. The average molecular weight is 201 g/mol. The van der Waals surface area contributed by atoms with Crippen LogP contribution in [0.2, 0.25) is 0 Å². The maximum absolute atomic E-state index is 11.1. The van der Waals surface area contributed by atoms with Gasteiger partial charge in [-0.1, -0.05) is 24.3 Å². The maximum atomic E-state index is 11.1. The van der Waals surface area contributed by atoms with Crippen LogP contribution in [-0.4, -0.2) is 5.78 Å². The van der Waals surface area contributed by atoms with Gasteiger partial charge in [0.05, 0.1) is 4.88 Å². The summed E-state index contributed by atoms with van der Waals surface area (Å²) in [5.74, 6) is 0.122. The number of carbonyl (C=O) groups is 1. The lowest BCUT2D eigenvalue weighted by Gasteiger charge is -1.93. The minimum absolute atomic E-state index is 0.122. The molecular weight excluding hydrogens is 192 g/mol. The van der Waals surface area contributed by atoms with Gasteiger partial charge in [0.25, 0.3) is 0 Å². The van der Waals surface area contributed by atoms with Gasteiger partial charge in [0.1, 0.15) is 0 Å². The van der Waals surface area contributed by atoms with Crippen molar-refractivity contribution in [3.8, 4) is 10.4 Å². The molecule has 14 heavy (non-hydrogen) atoms. The van der Waals surface area contributed by atoms with E-state index >= 15 is 0 Å². The van der Waals surface area contributed by atoms with Crippen molar-refractivity contribution in [2.45, 2.75) is 6.92 Å². The van der Waals surface area contributed by atoms with E-state index in [2.05, 4.69) is 6.07 Å². The van der Waals surface area contributed by atoms with Gasteiger partial charge >= 0.3 is 0 Å². The monoisotopic (exact) mass is 201 g/mol. The molecule has 1 heterocycles. The Kier molecular flexibility index (Phi) is 2.46. The van der Waals surface area contributed by atoms with Gasteiger partial charge in [-0.05, 0) is 30.7 Å². The largest absolute Gasteiger partial charge is 0.294 e. The second kappa shape index (κ2) is 3.76. The van der Waals surface area contributed by atoms with Gasteiger partial charge in [-0.3, -0.25) is 4.79 Å². The minimum atomic E-state index is 0.122. The first-order valence-electron chi connectivity index (χ1n) is 4.35. The normalized spacial score (nSPS) is 10.1. The fourth-order valence-electron chi connectivity index (χ4n) is 1.22. The third kappa shape index (κ3) is 1.75. The Morgan fingerprint density at radius 2 is 2.14 bits per heavy atom. The Morgan fingerprint density at radius 3 is 2.71 bits per heavy atom. The second-order valence-electron chi connectivity index (χ2n) is 3.00. The first-order valence-corrected chi connectivity index (χ1v) is 5.17. The van der Waals surface area contributed by atoms with Crippen molar-refractivity contribution in [2.24, 2.45) is 0 Å². The van der Waals surface area contributed by atoms with Crippen molar-refractivity contribution in [2.75, 3.05) is 0 Å². The number of hydrogen-bond acceptors (Lipinski definition) is 2. The number of benzene rings is 1. The predicted octanol–water partition coefficient (Wildman–Crippen LogP) is 3.42. The van der Waals surface area contributed by atoms with Crippen LogP contribution in [0.1, 0.15) is 16.6 Å². The molecule has 0 aliphatic rings. The molecule has 0 atom stereocenters.